The number of carbonyl (C=O) groups is 1. The molecule has 1 aromatic carbocycles. The first-order chi connectivity index (χ1) is 11.7. The Labute approximate surface area is 145 Å². The highest BCUT2D eigenvalue weighted by atomic mass is 32.1. The summed E-state index contributed by atoms with van der Waals surface area (Å²) in [6, 6.07) is 5.43. The van der Waals surface area contributed by atoms with Gasteiger partial charge in [0.05, 0.1) is 26.0 Å². The minimum Gasteiger partial charge on any atom is -0.497 e. The van der Waals surface area contributed by atoms with Crippen LogP contribution >= 0.6 is 11.3 Å². The van der Waals surface area contributed by atoms with Crippen LogP contribution in [-0.2, 0) is 4.79 Å². The van der Waals surface area contributed by atoms with Gasteiger partial charge in [0.1, 0.15) is 11.5 Å². The highest BCUT2D eigenvalue weighted by Crippen LogP contribution is 2.35. The summed E-state index contributed by atoms with van der Waals surface area (Å²) in [5.41, 5.74) is 1.59. The molecule has 2 heterocycles. The molecule has 3 rings (SSSR count). The van der Waals surface area contributed by atoms with Crippen LogP contribution in [0.25, 0.3) is 11.3 Å². The van der Waals surface area contributed by atoms with E-state index < -0.39 is 0 Å². The Balaban J connectivity index is 1.76. The zero-order valence-electron chi connectivity index (χ0n) is 13.8. The molecule has 128 valence electrons. The predicted molar refractivity (Wildman–Crippen MR) is 94.9 cm³/mol. The molecule has 0 spiro atoms. The molecule has 1 aromatic heterocycles. The van der Waals surface area contributed by atoms with Crippen molar-refractivity contribution in [3.8, 4) is 22.8 Å². The van der Waals surface area contributed by atoms with Gasteiger partial charge in [-0.3, -0.25) is 4.79 Å². The molecule has 0 aliphatic carbocycles. The number of ether oxygens (including phenoxy) is 2. The maximum absolute atomic E-state index is 12.3. The Kier molecular flexibility index (Phi) is 5.32. The Bertz CT molecular complexity index is 711. The second-order valence-corrected chi connectivity index (χ2v) is 6.45. The van der Waals surface area contributed by atoms with Gasteiger partial charge in [0.25, 0.3) is 0 Å². The predicted octanol–water partition coefficient (Wildman–Crippen LogP) is 2.91. The number of thiazole rings is 1. The zero-order valence-corrected chi connectivity index (χ0v) is 14.6. The third-order valence-corrected chi connectivity index (χ3v) is 4.80. The number of hydrogen-bond acceptors (Lipinski definition) is 6. The molecule has 24 heavy (non-hydrogen) atoms. The van der Waals surface area contributed by atoms with Crippen LogP contribution in [0.2, 0.25) is 0 Å². The van der Waals surface area contributed by atoms with Gasteiger partial charge in [-0.15, -0.1) is 11.3 Å². The van der Waals surface area contributed by atoms with E-state index in [1.54, 1.807) is 14.2 Å². The zero-order chi connectivity index (χ0) is 16.9. The molecule has 0 radical (unpaired) electrons. The van der Waals surface area contributed by atoms with Crippen LogP contribution in [-0.4, -0.2) is 37.7 Å². The van der Waals surface area contributed by atoms with Gasteiger partial charge < -0.3 is 20.1 Å². The molecule has 1 amide bonds. The Hall–Kier alpha value is -2.12. The summed E-state index contributed by atoms with van der Waals surface area (Å²) in [5.74, 6) is 1.43. The van der Waals surface area contributed by atoms with Gasteiger partial charge in [0.2, 0.25) is 5.91 Å². The van der Waals surface area contributed by atoms with E-state index in [4.69, 9.17) is 9.47 Å². The van der Waals surface area contributed by atoms with Crippen LogP contribution in [0.15, 0.2) is 23.6 Å². The normalized spacial score (nSPS) is 17.3. The largest absolute Gasteiger partial charge is 0.497 e. The van der Waals surface area contributed by atoms with Gasteiger partial charge in [-0.2, -0.15) is 0 Å². The topological polar surface area (TPSA) is 72.5 Å². The molecule has 1 saturated heterocycles. The van der Waals surface area contributed by atoms with E-state index in [9.17, 15) is 4.79 Å². The quantitative estimate of drug-likeness (QED) is 0.870. The Morgan fingerprint density at radius 1 is 1.33 bits per heavy atom. The number of benzene rings is 1. The van der Waals surface area contributed by atoms with Crippen LogP contribution in [0.5, 0.6) is 11.5 Å². The van der Waals surface area contributed by atoms with E-state index >= 15 is 0 Å². The molecule has 0 bridgehead atoms. The van der Waals surface area contributed by atoms with E-state index in [0.717, 1.165) is 42.8 Å². The van der Waals surface area contributed by atoms with E-state index in [1.807, 2.05) is 23.6 Å². The molecule has 1 unspecified atom stereocenters. The van der Waals surface area contributed by atoms with E-state index in [0.29, 0.717) is 10.9 Å². The van der Waals surface area contributed by atoms with Crippen LogP contribution < -0.4 is 20.1 Å². The number of hydrogen-bond donors (Lipinski definition) is 2. The van der Waals surface area contributed by atoms with Gasteiger partial charge >= 0.3 is 0 Å². The summed E-state index contributed by atoms with van der Waals surface area (Å²) in [4.78, 5) is 16.8. The number of nitrogens with zero attached hydrogens (tertiary/aromatic N) is 1. The van der Waals surface area contributed by atoms with Gasteiger partial charge in [-0.25, -0.2) is 4.98 Å². The second kappa shape index (κ2) is 7.63. The van der Waals surface area contributed by atoms with Gasteiger partial charge in [-0.1, -0.05) is 6.42 Å². The van der Waals surface area contributed by atoms with E-state index in [-0.39, 0.29) is 11.9 Å². The molecule has 1 atom stereocenters. The average Bonchev–Trinajstić information content (AvgIpc) is 3.10. The summed E-state index contributed by atoms with van der Waals surface area (Å²) < 4.78 is 10.7. The highest BCUT2D eigenvalue weighted by Gasteiger charge is 2.21. The monoisotopic (exact) mass is 347 g/mol. The first-order valence-electron chi connectivity index (χ1n) is 7.93. The van der Waals surface area contributed by atoms with Crippen molar-refractivity contribution in [2.24, 2.45) is 0 Å². The number of anilines is 1. The number of carbonyl (C=O) groups excluding carboxylic acids is 1. The van der Waals surface area contributed by atoms with Crippen LogP contribution in [0.3, 0.4) is 0 Å². The summed E-state index contributed by atoms with van der Waals surface area (Å²) in [6.07, 6.45) is 3.07. The first-order valence-corrected chi connectivity index (χ1v) is 8.81. The maximum atomic E-state index is 12.3. The third-order valence-electron chi connectivity index (χ3n) is 4.04. The smallest absolute Gasteiger partial charge is 0.243 e. The van der Waals surface area contributed by atoms with E-state index in [1.165, 1.54) is 11.3 Å². The van der Waals surface area contributed by atoms with Gasteiger partial charge in [-0.05, 0) is 37.6 Å². The molecule has 6 nitrogen and oxygen atoms in total. The van der Waals surface area contributed by atoms with E-state index in [2.05, 4.69) is 15.6 Å². The fraction of sp³-hybridized carbons (Fsp3) is 0.412. The van der Waals surface area contributed by atoms with Crippen molar-refractivity contribution in [3.63, 3.8) is 0 Å². The summed E-state index contributed by atoms with van der Waals surface area (Å²) in [5, 5.41) is 8.63. The average molecular weight is 347 g/mol. The molecule has 2 aromatic rings. The molecule has 0 saturated carbocycles. The molecular formula is C17H21N3O3S. The highest BCUT2D eigenvalue weighted by molar-refractivity contribution is 7.14. The lowest BCUT2D eigenvalue weighted by molar-refractivity contribution is -0.118. The number of methoxy groups -OCH3 is 2. The maximum Gasteiger partial charge on any atom is 0.243 e. The van der Waals surface area contributed by atoms with Crippen molar-refractivity contribution in [1.82, 2.24) is 10.3 Å². The molecular weight excluding hydrogens is 326 g/mol. The molecule has 1 aliphatic heterocycles. The standard InChI is InChI=1S/C17H21N3O3S/c1-22-11-6-7-15(23-2)12(9-11)14-10-24-17(19-14)20-16(21)13-5-3-4-8-18-13/h6-7,9-10,13,18H,3-5,8H2,1-2H3,(H,19,20,21). The summed E-state index contributed by atoms with van der Waals surface area (Å²) in [7, 11) is 3.24. The number of nitrogens with one attached hydrogen (secondary N) is 2. The Morgan fingerprint density at radius 2 is 2.21 bits per heavy atom. The minimum atomic E-state index is -0.127. The molecule has 7 heteroatoms. The van der Waals surface area contributed by atoms with Crippen molar-refractivity contribution < 1.29 is 14.3 Å². The van der Waals surface area contributed by atoms with Gasteiger partial charge in [0.15, 0.2) is 5.13 Å². The van der Waals surface area contributed by atoms with Gasteiger partial charge in [0, 0.05) is 10.9 Å². The van der Waals surface area contributed by atoms with Crippen LogP contribution in [0.1, 0.15) is 19.3 Å². The van der Waals surface area contributed by atoms with Crippen molar-refractivity contribution in [3.05, 3.63) is 23.6 Å². The van der Waals surface area contributed by atoms with Crippen molar-refractivity contribution >= 4 is 22.4 Å². The molecule has 1 aliphatic rings. The first kappa shape index (κ1) is 16.7. The van der Waals surface area contributed by atoms with Crippen LogP contribution in [0, 0.1) is 0 Å². The number of aromatic nitrogens is 1. The lowest BCUT2D eigenvalue weighted by Gasteiger charge is -2.21. The fourth-order valence-electron chi connectivity index (χ4n) is 2.74. The SMILES string of the molecule is COc1ccc(OC)c(-c2csc(NC(=O)C3CCCCN3)n2)c1. The number of amides is 1. The molecule has 1 fully saturated rings. The van der Waals surface area contributed by atoms with Crippen molar-refractivity contribution in [2.75, 3.05) is 26.1 Å². The minimum absolute atomic E-state index is 0.0202. The summed E-state index contributed by atoms with van der Waals surface area (Å²) >= 11 is 1.40. The number of rotatable bonds is 5. The van der Waals surface area contributed by atoms with Crippen molar-refractivity contribution in [2.45, 2.75) is 25.3 Å². The fourth-order valence-corrected chi connectivity index (χ4v) is 3.45. The van der Waals surface area contributed by atoms with Crippen LogP contribution in [0.4, 0.5) is 5.13 Å². The second-order valence-electron chi connectivity index (χ2n) is 5.60. The van der Waals surface area contributed by atoms with Crippen molar-refractivity contribution in [1.29, 1.82) is 0 Å². The summed E-state index contributed by atoms with van der Waals surface area (Å²) in [6.45, 7) is 0.891. The Morgan fingerprint density at radius 3 is 2.92 bits per heavy atom. The third kappa shape index (κ3) is 3.68. The molecule has 2 N–H and O–H groups in total. The lowest BCUT2D eigenvalue weighted by atomic mass is 10.0. The lowest BCUT2D eigenvalue weighted by Crippen LogP contribution is -2.43. The number of piperidine rings is 1.